The number of nitrogens with one attached hydrogen (secondary N) is 1. The predicted octanol–water partition coefficient (Wildman–Crippen LogP) is 4.06. The van der Waals surface area contributed by atoms with E-state index in [1.54, 1.807) is 0 Å². The lowest BCUT2D eigenvalue weighted by atomic mass is 9.94. The van der Waals surface area contributed by atoms with Crippen LogP contribution in [0.15, 0.2) is 6.07 Å². The number of hydrogen-bond acceptors (Lipinski definition) is 2. The van der Waals surface area contributed by atoms with E-state index in [1.165, 1.54) is 16.8 Å². The molecule has 0 unspecified atom stereocenters. The van der Waals surface area contributed by atoms with E-state index < -0.39 is 0 Å². The van der Waals surface area contributed by atoms with Gasteiger partial charge in [-0.2, -0.15) is 0 Å². The number of nitrogens with zero attached hydrogens (tertiary/aromatic N) is 1. The number of rotatable bonds is 3. The number of anilines is 2. The summed E-state index contributed by atoms with van der Waals surface area (Å²) in [6, 6.07) is 2.20. The molecule has 3 heteroatoms. The summed E-state index contributed by atoms with van der Waals surface area (Å²) < 4.78 is 0. The third-order valence-corrected chi connectivity index (χ3v) is 4.19. The quantitative estimate of drug-likeness (QED) is 0.909. The van der Waals surface area contributed by atoms with Gasteiger partial charge < -0.3 is 10.2 Å². The maximum atomic E-state index is 12.4. The molecular formula is C18H28N2O. The topological polar surface area (TPSA) is 32.3 Å². The fourth-order valence-electron chi connectivity index (χ4n) is 2.98. The molecule has 1 aromatic rings. The summed E-state index contributed by atoms with van der Waals surface area (Å²) in [6.45, 7) is 14.4. The first-order valence-corrected chi connectivity index (χ1v) is 7.95. The zero-order valence-corrected chi connectivity index (χ0v) is 14.3. The zero-order chi connectivity index (χ0) is 15.8. The Labute approximate surface area is 128 Å². The molecular weight excluding hydrogens is 260 g/mol. The Morgan fingerprint density at radius 3 is 2.52 bits per heavy atom. The van der Waals surface area contributed by atoms with Gasteiger partial charge in [-0.15, -0.1) is 0 Å². The van der Waals surface area contributed by atoms with Crippen LogP contribution in [0.1, 0.15) is 50.8 Å². The van der Waals surface area contributed by atoms with Crippen molar-refractivity contribution >= 4 is 17.3 Å². The Hall–Kier alpha value is -1.51. The molecule has 2 rings (SSSR count). The summed E-state index contributed by atoms with van der Waals surface area (Å²) in [7, 11) is 0. The van der Waals surface area contributed by atoms with Crippen molar-refractivity contribution in [2.45, 2.75) is 54.4 Å². The van der Waals surface area contributed by atoms with Gasteiger partial charge in [-0.25, -0.2) is 0 Å². The van der Waals surface area contributed by atoms with Crippen molar-refractivity contribution in [3.05, 3.63) is 22.8 Å². The minimum absolute atomic E-state index is 0.0833. The number of carbonyl (C=O) groups is 1. The van der Waals surface area contributed by atoms with E-state index in [0.29, 0.717) is 0 Å². The second kappa shape index (κ2) is 5.70. The summed E-state index contributed by atoms with van der Waals surface area (Å²) in [4.78, 5) is 14.8. The van der Waals surface area contributed by atoms with Gasteiger partial charge in [0.25, 0.3) is 0 Å². The van der Waals surface area contributed by atoms with Gasteiger partial charge in [0.1, 0.15) is 0 Å². The van der Waals surface area contributed by atoms with E-state index in [2.05, 4.69) is 37.1 Å². The fraction of sp³-hybridized carbons (Fsp3) is 0.611. The number of hydrogen-bond donors (Lipinski definition) is 1. The van der Waals surface area contributed by atoms with Gasteiger partial charge in [-0.1, -0.05) is 33.8 Å². The number of benzene rings is 1. The normalized spacial score (nSPS) is 14.3. The van der Waals surface area contributed by atoms with Crippen molar-refractivity contribution in [1.82, 2.24) is 0 Å². The van der Waals surface area contributed by atoms with E-state index in [1.807, 2.05) is 20.8 Å². The molecule has 116 valence electrons. The van der Waals surface area contributed by atoms with Crippen LogP contribution in [0.25, 0.3) is 0 Å². The number of amides is 1. The number of aryl methyl sites for hydroxylation is 2. The molecule has 0 aliphatic carbocycles. The Bertz CT molecular complexity index is 555. The number of fused-ring (bicyclic) bond motifs is 1. The highest BCUT2D eigenvalue weighted by atomic mass is 16.2. The molecule has 0 fully saturated rings. The maximum absolute atomic E-state index is 12.4. The summed E-state index contributed by atoms with van der Waals surface area (Å²) in [5, 5.41) is 3.19. The van der Waals surface area contributed by atoms with E-state index in [0.717, 1.165) is 37.2 Å². The Kier molecular flexibility index (Phi) is 4.31. The molecule has 1 aliphatic heterocycles. The molecule has 1 aromatic carbocycles. The molecule has 1 N–H and O–H groups in total. The lowest BCUT2D eigenvalue weighted by Gasteiger charge is -2.26. The van der Waals surface area contributed by atoms with Crippen LogP contribution < -0.4 is 10.2 Å². The van der Waals surface area contributed by atoms with Crippen LogP contribution >= 0.6 is 0 Å². The van der Waals surface area contributed by atoms with Gasteiger partial charge in [0.05, 0.1) is 11.4 Å². The summed E-state index contributed by atoms with van der Waals surface area (Å²) in [6.07, 6.45) is 2.21. The molecule has 0 saturated heterocycles. The fourth-order valence-corrected chi connectivity index (χ4v) is 2.98. The van der Waals surface area contributed by atoms with Crippen molar-refractivity contribution in [3.63, 3.8) is 0 Å². The standard InChI is InChI=1S/C18H28N2O/c1-7-9-20-10-8-14-12(2)11-13(3)15(16(14)20)19-17(21)18(4,5)6/h11H,7-10H2,1-6H3,(H,19,21). The highest BCUT2D eigenvalue weighted by Gasteiger charge is 2.28. The van der Waals surface area contributed by atoms with Crippen molar-refractivity contribution < 1.29 is 4.79 Å². The Morgan fingerprint density at radius 2 is 1.95 bits per heavy atom. The van der Waals surface area contributed by atoms with E-state index >= 15 is 0 Å². The lowest BCUT2D eigenvalue weighted by molar-refractivity contribution is -0.123. The van der Waals surface area contributed by atoms with Crippen LogP contribution in [-0.2, 0) is 11.2 Å². The van der Waals surface area contributed by atoms with Crippen molar-refractivity contribution in [2.24, 2.45) is 5.41 Å². The molecule has 21 heavy (non-hydrogen) atoms. The van der Waals surface area contributed by atoms with Crippen molar-refractivity contribution in [3.8, 4) is 0 Å². The lowest BCUT2D eigenvalue weighted by Crippen LogP contribution is -2.29. The first-order valence-electron chi connectivity index (χ1n) is 7.95. The van der Waals surface area contributed by atoms with Crippen LogP contribution in [0.2, 0.25) is 0 Å². The highest BCUT2D eigenvalue weighted by Crippen LogP contribution is 2.40. The van der Waals surface area contributed by atoms with Gasteiger partial charge in [-0.3, -0.25) is 4.79 Å². The van der Waals surface area contributed by atoms with E-state index in [-0.39, 0.29) is 11.3 Å². The molecule has 1 heterocycles. The first kappa shape index (κ1) is 15.9. The zero-order valence-electron chi connectivity index (χ0n) is 14.3. The molecule has 0 saturated carbocycles. The average molecular weight is 288 g/mol. The molecule has 3 nitrogen and oxygen atoms in total. The van der Waals surface area contributed by atoms with Crippen molar-refractivity contribution in [1.29, 1.82) is 0 Å². The van der Waals surface area contributed by atoms with Gasteiger partial charge in [0.15, 0.2) is 0 Å². The van der Waals surface area contributed by atoms with Gasteiger partial charge >= 0.3 is 0 Å². The molecule has 0 spiro atoms. The van der Waals surface area contributed by atoms with Crippen LogP contribution in [-0.4, -0.2) is 19.0 Å². The van der Waals surface area contributed by atoms with Crippen LogP contribution in [0, 0.1) is 19.3 Å². The van der Waals surface area contributed by atoms with Gasteiger partial charge in [-0.05, 0) is 43.4 Å². The third kappa shape index (κ3) is 3.07. The molecule has 0 bridgehead atoms. The average Bonchev–Trinajstić information content (AvgIpc) is 2.78. The van der Waals surface area contributed by atoms with E-state index in [4.69, 9.17) is 0 Å². The molecule has 1 amide bonds. The SMILES string of the molecule is CCCN1CCc2c(C)cc(C)c(NC(=O)C(C)(C)C)c21. The molecule has 1 aliphatic rings. The minimum atomic E-state index is -0.377. The molecule has 0 radical (unpaired) electrons. The first-order chi connectivity index (χ1) is 9.75. The largest absolute Gasteiger partial charge is 0.369 e. The van der Waals surface area contributed by atoms with Crippen LogP contribution in [0.5, 0.6) is 0 Å². The summed E-state index contributed by atoms with van der Waals surface area (Å²) >= 11 is 0. The number of carbonyl (C=O) groups excluding carboxylic acids is 1. The highest BCUT2D eigenvalue weighted by molar-refractivity contribution is 5.99. The smallest absolute Gasteiger partial charge is 0.229 e. The third-order valence-electron chi connectivity index (χ3n) is 4.19. The molecule has 0 atom stereocenters. The van der Waals surface area contributed by atoms with E-state index in [9.17, 15) is 4.79 Å². The Balaban J connectivity index is 2.46. The maximum Gasteiger partial charge on any atom is 0.229 e. The second-order valence-electron chi connectivity index (χ2n) is 7.15. The van der Waals surface area contributed by atoms with Gasteiger partial charge in [0, 0.05) is 18.5 Å². The Morgan fingerprint density at radius 1 is 1.29 bits per heavy atom. The van der Waals surface area contributed by atoms with Crippen molar-refractivity contribution in [2.75, 3.05) is 23.3 Å². The minimum Gasteiger partial charge on any atom is -0.369 e. The van der Waals surface area contributed by atoms with Gasteiger partial charge in [0.2, 0.25) is 5.91 Å². The second-order valence-corrected chi connectivity index (χ2v) is 7.15. The van der Waals surface area contributed by atoms with Crippen LogP contribution in [0.4, 0.5) is 11.4 Å². The monoisotopic (exact) mass is 288 g/mol. The summed E-state index contributed by atoms with van der Waals surface area (Å²) in [5.41, 5.74) is 5.80. The summed E-state index contributed by atoms with van der Waals surface area (Å²) in [5.74, 6) is 0.0833. The predicted molar refractivity (Wildman–Crippen MR) is 90.2 cm³/mol. The molecule has 0 aromatic heterocycles. The van der Waals surface area contributed by atoms with Crippen LogP contribution in [0.3, 0.4) is 0 Å².